The molecule has 1 heterocycles. The Hall–Kier alpha value is -3.70. The fourth-order valence-corrected chi connectivity index (χ4v) is 5.94. The SMILES string of the molecule is COC(=O)c1cccc(CS(=O)(=O)c2ccc(F)cc2NS(=O)(=O)c2cc3ccccc3o2)c1. The number of benzene rings is 3. The van der Waals surface area contributed by atoms with E-state index in [4.69, 9.17) is 4.42 Å². The van der Waals surface area contributed by atoms with Crippen LogP contribution in [0, 0.1) is 5.82 Å². The second-order valence-electron chi connectivity index (χ2n) is 7.30. The highest BCUT2D eigenvalue weighted by atomic mass is 32.2. The second-order valence-corrected chi connectivity index (χ2v) is 10.9. The highest BCUT2D eigenvalue weighted by Gasteiger charge is 2.26. The number of anilines is 1. The van der Waals surface area contributed by atoms with E-state index < -0.39 is 53.1 Å². The van der Waals surface area contributed by atoms with Gasteiger partial charge in [-0.15, -0.1) is 0 Å². The maximum absolute atomic E-state index is 14.0. The van der Waals surface area contributed by atoms with Crippen molar-refractivity contribution in [1.29, 1.82) is 0 Å². The van der Waals surface area contributed by atoms with Gasteiger partial charge in [0.2, 0.25) is 5.09 Å². The number of sulfone groups is 1. The van der Waals surface area contributed by atoms with E-state index in [0.29, 0.717) is 11.0 Å². The van der Waals surface area contributed by atoms with Gasteiger partial charge in [0, 0.05) is 11.5 Å². The van der Waals surface area contributed by atoms with Gasteiger partial charge in [0.25, 0.3) is 10.0 Å². The molecule has 1 aromatic heterocycles. The third-order valence-corrected chi connectivity index (χ3v) is 7.85. The Kier molecular flexibility index (Phi) is 6.15. The molecule has 8 nitrogen and oxygen atoms in total. The first kappa shape index (κ1) is 23.5. The summed E-state index contributed by atoms with van der Waals surface area (Å²) in [5.74, 6) is -2.04. The summed E-state index contributed by atoms with van der Waals surface area (Å²) in [6.45, 7) is 0. The number of nitrogens with one attached hydrogen (secondary N) is 1. The van der Waals surface area contributed by atoms with Gasteiger partial charge in [0.15, 0.2) is 9.84 Å². The van der Waals surface area contributed by atoms with Crippen LogP contribution in [0.15, 0.2) is 87.2 Å². The molecule has 0 aliphatic heterocycles. The number of hydrogen-bond donors (Lipinski definition) is 1. The summed E-state index contributed by atoms with van der Waals surface area (Å²) in [6, 6.07) is 16.4. The molecule has 0 radical (unpaired) electrons. The first-order chi connectivity index (χ1) is 16.1. The highest BCUT2D eigenvalue weighted by Crippen LogP contribution is 2.30. The lowest BCUT2D eigenvalue weighted by molar-refractivity contribution is 0.0600. The fraction of sp³-hybridized carbons (Fsp3) is 0.0870. The first-order valence-electron chi connectivity index (χ1n) is 9.80. The molecule has 0 unspecified atom stereocenters. The zero-order valence-electron chi connectivity index (χ0n) is 17.7. The van der Waals surface area contributed by atoms with Crippen molar-refractivity contribution in [2.45, 2.75) is 15.7 Å². The van der Waals surface area contributed by atoms with E-state index in [1.807, 2.05) is 0 Å². The lowest BCUT2D eigenvalue weighted by Gasteiger charge is -2.13. The van der Waals surface area contributed by atoms with E-state index in [1.54, 1.807) is 24.3 Å². The van der Waals surface area contributed by atoms with Crippen LogP contribution in [-0.4, -0.2) is 29.9 Å². The quantitative estimate of drug-likeness (QED) is 0.297. The molecule has 0 bridgehead atoms. The largest absolute Gasteiger partial charge is 0.465 e. The number of carbonyl (C=O) groups excluding carboxylic acids is 1. The third-order valence-electron chi connectivity index (χ3n) is 4.89. The molecule has 0 aliphatic carbocycles. The van der Waals surface area contributed by atoms with Gasteiger partial charge in [-0.3, -0.25) is 4.72 Å². The van der Waals surface area contributed by atoms with Gasteiger partial charge in [-0.1, -0.05) is 30.3 Å². The number of furan rings is 1. The number of halogens is 1. The molecule has 4 aromatic rings. The van der Waals surface area contributed by atoms with Gasteiger partial charge in [-0.2, -0.15) is 8.42 Å². The molecule has 0 saturated heterocycles. The van der Waals surface area contributed by atoms with E-state index >= 15 is 0 Å². The Morgan fingerprint density at radius 3 is 2.47 bits per heavy atom. The number of esters is 1. The summed E-state index contributed by atoms with van der Waals surface area (Å²) in [4.78, 5) is 11.3. The third kappa shape index (κ3) is 4.80. The Morgan fingerprint density at radius 1 is 0.971 bits per heavy atom. The molecule has 0 amide bonds. The molecule has 0 spiro atoms. The molecule has 0 saturated carbocycles. The van der Waals surface area contributed by atoms with Crippen molar-refractivity contribution in [3.8, 4) is 0 Å². The lowest BCUT2D eigenvalue weighted by atomic mass is 10.1. The van der Waals surface area contributed by atoms with E-state index in [-0.39, 0.29) is 11.1 Å². The predicted octanol–water partition coefficient (Wildman–Crippen LogP) is 4.13. The van der Waals surface area contributed by atoms with Crippen LogP contribution in [0.2, 0.25) is 0 Å². The number of fused-ring (bicyclic) bond motifs is 1. The van der Waals surface area contributed by atoms with Gasteiger partial charge < -0.3 is 9.15 Å². The number of para-hydroxylation sites is 1. The minimum absolute atomic E-state index is 0.153. The Bertz CT molecular complexity index is 1580. The molecule has 0 atom stereocenters. The molecule has 0 aliphatic rings. The maximum Gasteiger partial charge on any atom is 0.337 e. The summed E-state index contributed by atoms with van der Waals surface area (Å²) >= 11 is 0. The van der Waals surface area contributed by atoms with E-state index in [1.165, 1.54) is 37.4 Å². The van der Waals surface area contributed by atoms with Crippen molar-refractivity contribution in [2.24, 2.45) is 0 Å². The van der Waals surface area contributed by atoms with Crippen LogP contribution in [-0.2, 0) is 30.4 Å². The van der Waals surface area contributed by atoms with Crippen molar-refractivity contribution < 1.29 is 35.2 Å². The standard InChI is InChI=1S/C23H18FNO7S2/c1-31-23(26)17-7-4-5-15(11-17)14-33(27,28)21-10-9-18(24)13-19(21)25-34(29,30)22-12-16-6-2-3-8-20(16)32-22/h2-13,25H,14H2,1H3. The number of carbonyl (C=O) groups is 1. The number of hydrogen-bond acceptors (Lipinski definition) is 7. The molecule has 34 heavy (non-hydrogen) atoms. The van der Waals surface area contributed by atoms with E-state index in [2.05, 4.69) is 9.46 Å². The number of sulfonamides is 1. The predicted molar refractivity (Wildman–Crippen MR) is 122 cm³/mol. The van der Waals surface area contributed by atoms with Gasteiger partial charge in [-0.05, 0) is 42.0 Å². The summed E-state index contributed by atoms with van der Waals surface area (Å²) in [7, 11) is -7.34. The van der Waals surface area contributed by atoms with Gasteiger partial charge in [-0.25, -0.2) is 17.6 Å². The Balaban J connectivity index is 1.70. The molecule has 1 N–H and O–H groups in total. The molecule has 176 valence electrons. The average molecular weight is 504 g/mol. The number of rotatable bonds is 7. The molecule has 4 rings (SSSR count). The van der Waals surface area contributed by atoms with Gasteiger partial charge >= 0.3 is 5.97 Å². The Morgan fingerprint density at radius 2 is 1.74 bits per heavy atom. The molecule has 3 aromatic carbocycles. The zero-order chi connectivity index (χ0) is 24.5. The molecular formula is C23H18FNO7S2. The second kappa shape index (κ2) is 8.92. The highest BCUT2D eigenvalue weighted by molar-refractivity contribution is 7.93. The lowest BCUT2D eigenvalue weighted by Crippen LogP contribution is -2.16. The monoisotopic (exact) mass is 503 g/mol. The average Bonchev–Trinajstić information content (AvgIpc) is 3.23. The van der Waals surface area contributed by atoms with Gasteiger partial charge in [0.1, 0.15) is 11.4 Å². The van der Waals surface area contributed by atoms with Crippen molar-refractivity contribution >= 4 is 42.5 Å². The smallest absolute Gasteiger partial charge is 0.337 e. The zero-order valence-corrected chi connectivity index (χ0v) is 19.3. The maximum atomic E-state index is 14.0. The van der Waals surface area contributed by atoms with Crippen LogP contribution in [0.3, 0.4) is 0 Å². The molecule has 11 heteroatoms. The van der Waals surface area contributed by atoms with Crippen LogP contribution in [0.1, 0.15) is 15.9 Å². The van der Waals surface area contributed by atoms with Crippen molar-refractivity contribution in [1.82, 2.24) is 0 Å². The van der Waals surface area contributed by atoms with Crippen LogP contribution in [0.4, 0.5) is 10.1 Å². The van der Waals surface area contributed by atoms with Crippen LogP contribution in [0.25, 0.3) is 11.0 Å². The molecule has 0 fully saturated rings. The van der Waals surface area contributed by atoms with Crippen molar-refractivity contribution in [3.63, 3.8) is 0 Å². The normalized spacial score (nSPS) is 11.9. The minimum atomic E-state index is -4.38. The van der Waals surface area contributed by atoms with Crippen LogP contribution >= 0.6 is 0 Å². The summed E-state index contributed by atoms with van der Waals surface area (Å²) < 4.78 is 78.2. The summed E-state index contributed by atoms with van der Waals surface area (Å²) in [6.07, 6.45) is 0. The summed E-state index contributed by atoms with van der Waals surface area (Å²) in [5.41, 5.74) is 0.267. The topological polar surface area (TPSA) is 120 Å². The van der Waals surface area contributed by atoms with E-state index in [9.17, 15) is 26.0 Å². The van der Waals surface area contributed by atoms with Gasteiger partial charge in [0.05, 0.1) is 29.0 Å². The Labute approximate surface area is 194 Å². The first-order valence-corrected chi connectivity index (χ1v) is 12.9. The number of methoxy groups -OCH3 is 1. The van der Waals surface area contributed by atoms with E-state index in [0.717, 1.165) is 18.2 Å². The molecular weight excluding hydrogens is 485 g/mol. The fourth-order valence-electron chi connectivity index (χ4n) is 3.34. The summed E-state index contributed by atoms with van der Waals surface area (Å²) in [5, 5.41) is 0.0764. The van der Waals surface area contributed by atoms with Crippen LogP contribution in [0.5, 0.6) is 0 Å². The van der Waals surface area contributed by atoms with Crippen molar-refractivity contribution in [3.05, 3.63) is 89.7 Å². The van der Waals surface area contributed by atoms with Crippen LogP contribution < -0.4 is 4.72 Å². The van der Waals surface area contributed by atoms with Crippen molar-refractivity contribution in [2.75, 3.05) is 11.8 Å². The minimum Gasteiger partial charge on any atom is -0.465 e. The number of ether oxygens (including phenoxy) is 1.